The SMILES string of the molecule is COC(=O)C1=[N+]([O-])OC(C(=O)OC)C1c1ccc([N+](=O)[O-])cc1. The van der Waals surface area contributed by atoms with E-state index in [4.69, 9.17) is 4.84 Å². The van der Waals surface area contributed by atoms with Crippen LogP contribution in [0.5, 0.6) is 0 Å². The summed E-state index contributed by atoms with van der Waals surface area (Å²) in [6.07, 6.45) is -1.40. The van der Waals surface area contributed by atoms with Gasteiger partial charge in [-0.2, -0.15) is 0 Å². The average molecular weight is 324 g/mol. The standard InChI is InChI=1S/C13H12N2O8/c1-21-12(16)10-9(11(13(17)22-2)23-15(10)20)7-3-5-8(6-4-7)14(18)19/h3-6,9,11H,1-2H3. The third-order valence-electron chi connectivity index (χ3n) is 3.29. The van der Waals surface area contributed by atoms with E-state index in [1.54, 1.807) is 0 Å². The Hall–Kier alpha value is -3.17. The summed E-state index contributed by atoms with van der Waals surface area (Å²) < 4.78 is 9.08. The van der Waals surface area contributed by atoms with Gasteiger partial charge in [-0.25, -0.2) is 4.79 Å². The molecule has 122 valence electrons. The number of hydrogen-bond donors (Lipinski definition) is 0. The van der Waals surface area contributed by atoms with E-state index in [1.807, 2.05) is 0 Å². The van der Waals surface area contributed by atoms with E-state index in [-0.39, 0.29) is 10.6 Å². The molecule has 1 aromatic carbocycles. The number of esters is 2. The van der Waals surface area contributed by atoms with Crippen LogP contribution < -0.4 is 0 Å². The van der Waals surface area contributed by atoms with Crippen molar-refractivity contribution < 1.29 is 33.7 Å². The number of carbonyl (C=O) groups is 2. The summed E-state index contributed by atoms with van der Waals surface area (Å²) >= 11 is 0. The van der Waals surface area contributed by atoms with Gasteiger partial charge in [0.05, 0.1) is 24.0 Å². The second-order valence-corrected chi connectivity index (χ2v) is 4.51. The first-order valence-corrected chi connectivity index (χ1v) is 6.32. The normalized spacial score (nSPS) is 19.9. The molecule has 0 saturated heterocycles. The maximum atomic E-state index is 11.8. The molecule has 0 bridgehead atoms. The minimum atomic E-state index is -1.40. The molecule has 2 rings (SSSR count). The Bertz CT molecular complexity index is 682. The van der Waals surface area contributed by atoms with Crippen LogP contribution in [-0.4, -0.2) is 47.8 Å². The van der Waals surface area contributed by atoms with Crippen molar-refractivity contribution in [2.75, 3.05) is 14.2 Å². The Morgan fingerprint density at radius 2 is 1.83 bits per heavy atom. The van der Waals surface area contributed by atoms with E-state index >= 15 is 0 Å². The Labute approximate surface area is 129 Å². The highest BCUT2D eigenvalue weighted by Gasteiger charge is 2.50. The third-order valence-corrected chi connectivity index (χ3v) is 3.29. The molecule has 23 heavy (non-hydrogen) atoms. The predicted molar refractivity (Wildman–Crippen MR) is 73.4 cm³/mol. The fourth-order valence-corrected chi connectivity index (χ4v) is 2.22. The summed E-state index contributed by atoms with van der Waals surface area (Å²) in [5.74, 6) is -2.95. The van der Waals surface area contributed by atoms with Gasteiger partial charge in [0.2, 0.25) is 0 Å². The quantitative estimate of drug-likeness (QED) is 0.334. The number of non-ortho nitro benzene ring substituents is 1. The molecule has 2 unspecified atom stereocenters. The average Bonchev–Trinajstić information content (AvgIpc) is 2.90. The molecule has 10 heteroatoms. The summed E-state index contributed by atoms with van der Waals surface area (Å²) in [5, 5.41) is 22.5. The van der Waals surface area contributed by atoms with Crippen molar-refractivity contribution in [3.05, 3.63) is 45.2 Å². The molecule has 1 heterocycles. The minimum Gasteiger partial charge on any atom is -0.468 e. The molecule has 0 spiro atoms. The summed E-state index contributed by atoms with van der Waals surface area (Å²) in [5.41, 5.74) is -0.331. The second kappa shape index (κ2) is 6.30. The van der Waals surface area contributed by atoms with Crippen LogP contribution in [0.1, 0.15) is 11.5 Å². The lowest BCUT2D eigenvalue weighted by Gasteiger charge is -2.16. The molecule has 0 N–H and O–H groups in total. The zero-order valence-corrected chi connectivity index (χ0v) is 12.1. The number of carbonyl (C=O) groups excluding carboxylic acids is 2. The van der Waals surface area contributed by atoms with Crippen LogP contribution in [0, 0.1) is 15.3 Å². The maximum Gasteiger partial charge on any atom is 0.405 e. The maximum absolute atomic E-state index is 11.8. The number of rotatable bonds is 4. The van der Waals surface area contributed by atoms with Crippen LogP contribution in [0.25, 0.3) is 0 Å². The van der Waals surface area contributed by atoms with Crippen molar-refractivity contribution in [1.29, 1.82) is 0 Å². The largest absolute Gasteiger partial charge is 0.468 e. The van der Waals surface area contributed by atoms with Gasteiger partial charge in [-0.05, 0) is 5.56 Å². The number of hydrogen-bond acceptors (Lipinski definition) is 8. The summed E-state index contributed by atoms with van der Waals surface area (Å²) in [6.45, 7) is 0. The Morgan fingerprint density at radius 1 is 1.22 bits per heavy atom. The first-order valence-electron chi connectivity index (χ1n) is 6.32. The number of ether oxygens (including phenoxy) is 2. The second-order valence-electron chi connectivity index (χ2n) is 4.51. The zero-order chi connectivity index (χ0) is 17.1. The lowest BCUT2D eigenvalue weighted by molar-refractivity contribution is -0.736. The summed E-state index contributed by atoms with van der Waals surface area (Å²) in [4.78, 5) is 38.4. The van der Waals surface area contributed by atoms with Gasteiger partial charge in [-0.15, -0.1) is 0 Å². The fourth-order valence-electron chi connectivity index (χ4n) is 2.22. The highest BCUT2D eigenvalue weighted by Crippen LogP contribution is 2.31. The molecule has 0 aromatic heterocycles. The van der Waals surface area contributed by atoms with Gasteiger partial charge in [0.15, 0.2) is 6.10 Å². The molecule has 0 saturated carbocycles. The van der Waals surface area contributed by atoms with Gasteiger partial charge in [0, 0.05) is 12.1 Å². The van der Waals surface area contributed by atoms with Crippen molar-refractivity contribution in [3.8, 4) is 0 Å². The lowest BCUT2D eigenvalue weighted by Crippen LogP contribution is -2.33. The van der Waals surface area contributed by atoms with Crippen LogP contribution in [-0.2, 0) is 23.9 Å². The van der Waals surface area contributed by atoms with E-state index in [2.05, 4.69) is 9.47 Å². The molecular weight excluding hydrogens is 312 g/mol. The molecule has 1 aliphatic heterocycles. The molecule has 2 atom stereocenters. The first-order chi connectivity index (χ1) is 10.9. The Morgan fingerprint density at radius 3 is 2.30 bits per heavy atom. The van der Waals surface area contributed by atoms with Crippen LogP contribution in [0.3, 0.4) is 0 Å². The molecule has 0 fully saturated rings. The van der Waals surface area contributed by atoms with E-state index in [0.717, 1.165) is 14.2 Å². The molecule has 1 aromatic rings. The van der Waals surface area contributed by atoms with Crippen LogP contribution in [0.2, 0.25) is 0 Å². The zero-order valence-electron chi connectivity index (χ0n) is 12.1. The van der Waals surface area contributed by atoms with Gasteiger partial charge >= 0.3 is 17.7 Å². The summed E-state index contributed by atoms with van der Waals surface area (Å²) in [6, 6.07) is 5.02. The number of nitro groups is 1. The van der Waals surface area contributed by atoms with Crippen molar-refractivity contribution in [3.63, 3.8) is 0 Å². The van der Waals surface area contributed by atoms with Crippen molar-refractivity contribution in [1.82, 2.24) is 0 Å². The molecule has 0 amide bonds. The van der Waals surface area contributed by atoms with Crippen LogP contribution in [0.4, 0.5) is 5.69 Å². The van der Waals surface area contributed by atoms with Crippen LogP contribution in [0.15, 0.2) is 24.3 Å². The Kier molecular flexibility index (Phi) is 4.44. The van der Waals surface area contributed by atoms with E-state index in [0.29, 0.717) is 5.56 Å². The topological polar surface area (TPSA) is 131 Å². The first kappa shape index (κ1) is 16.2. The Balaban J connectivity index is 2.48. The minimum absolute atomic E-state index is 0.0977. The van der Waals surface area contributed by atoms with Crippen molar-refractivity contribution in [2.24, 2.45) is 0 Å². The van der Waals surface area contributed by atoms with Gasteiger partial charge in [0.25, 0.3) is 5.69 Å². The highest BCUT2D eigenvalue weighted by atomic mass is 16.9. The molecule has 10 nitrogen and oxygen atoms in total. The van der Waals surface area contributed by atoms with E-state index in [1.165, 1.54) is 24.3 Å². The van der Waals surface area contributed by atoms with Gasteiger partial charge in [0.1, 0.15) is 5.92 Å². The smallest absolute Gasteiger partial charge is 0.405 e. The van der Waals surface area contributed by atoms with E-state index < -0.39 is 34.6 Å². The highest BCUT2D eigenvalue weighted by molar-refractivity contribution is 6.37. The van der Waals surface area contributed by atoms with Crippen LogP contribution >= 0.6 is 0 Å². The van der Waals surface area contributed by atoms with Gasteiger partial charge in [-0.3, -0.25) is 20.1 Å². The number of nitro benzene ring substituents is 1. The van der Waals surface area contributed by atoms with Crippen molar-refractivity contribution in [2.45, 2.75) is 12.0 Å². The predicted octanol–water partition coefficient (Wildman–Crippen LogP) is 0.289. The molecule has 0 radical (unpaired) electrons. The third kappa shape index (κ3) is 2.91. The lowest BCUT2D eigenvalue weighted by atomic mass is 9.89. The number of benzene rings is 1. The number of methoxy groups -OCH3 is 2. The monoisotopic (exact) mass is 324 g/mol. The van der Waals surface area contributed by atoms with E-state index in [9.17, 15) is 24.9 Å². The number of nitrogens with zero attached hydrogens (tertiary/aromatic N) is 2. The van der Waals surface area contributed by atoms with Gasteiger partial charge in [-0.1, -0.05) is 12.1 Å². The fraction of sp³-hybridized carbons (Fsp3) is 0.308. The van der Waals surface area contributed by atoms with Gasteiger partial charge < -0.3 is 14.3 Å². The molecular formula is C13H12N2O8. The molecule has 1 aliphatic rings. The molecule has 0 aliphatic carbocycles. The summed E-state index contributed by atoms with van der Waals surface area (Å²) in [7, 11) is 2.17. The van der Waals surface area contributed by atoms with Crippen molar-refractivity contribution >= 4 is 23.3 Å².